The second kappa shape index (κ2) is 5.46. The molecule has 1 aromatic carbocycles. The van der Waals surface area contributed by atoms with Gasteiger partial charge in [-0.15, -0.1) is 0 Å². The summed E-state index contributed by atoms with van der Waals surface area (Å²) in [4.78, 5) is 15.1. The van der Waals surface area contributed by atoms with Crippen LogP contribution in [0.15, 0.2) is 24.3 Å². The van der Waals surface area contributed by atoms with Gasteiger partial charge in [-0.25, -0.2) is 4.39 Å². The quantitative estimate of drug-likeness (QED) is 0.673. The smallest absolute Gasteiger partial charge is 0.268 e. The van der Waals surface area contributed by atoms with E-state index in [2.05, 4.69) is 10.3 Å². The van der Waals surface area contributed by atoms with Gasteiger partial charge >= 0.3 is 0 Å². The standard InChI is InChI=1S/C15H17FN2O3/c16-9-4-5-10-8(6-9)7-12(17-10)15(21)18-11-2-1-3-13(19)14(11)20/h4-7,11,13-14,17,19-20H,1-3H2,(H,18,21)/t11-,13-,14-/m1/s1. The zero-order valence-electron chi connectivity index (χ0n) is 11.3. The van der Waals surface area contributed by atoms with Gasteiger partial charge in [0.2, 0.25) is 0 Å². The Balaban J connectivity index is 1.77. The van der Waals surface area contributed by atoms with Gasteiger partial charge in [-0.3, -0.25) is 4.79 Å². The van der Waals surface area contributed by atoms with E-state index in [-0.39, 0.29) is 11.7 Å². The number of carbonyl (C=O) groups excluding carboxylic acids is 1. The number of aromatic nitrogens is 1. The number of amides is 1. The molecule has 3 atom stereocenters. The molecular formula is C15H17FN2O3. The first-order chi connectivity index (χ1) is 10.0. The summed E-state index contributed by atoms with van der Waals surface area (Å²) >= 11 is 0. The van der Waals surface area contributed by atoms with Crippen LogP contribution in [0.5, 0.6) is 0 Å². The molecule has 1 aromatic heterocycles. The fourth-order valence-electron chi connectivity index (χ4n) is 2.79. The molecule has 0 saturated heterocycles. The van der Waals surface area contributed by atoms with Crippen molar-refractivity contribution >= 4 is 16.8 Å². The van der Waals surface area contributed by atoms with E-state index in [9.17, 15) is 19.4 Å². The fraction of sp³-hybridized carbons (Fsp3) is 0.400. The summed E-state index contributed by atoms with van der Waals surface area (Å²) in [5.74, 6) is -0.732. The summed E-state index contributed by atoms with van der Waals surface area (Å²) in [5, 5.41) is 22.8. The Kier molecular flexibility index (Phi) is 3.65. The van der Waals surface area contributed by atoms with Crippen molar-refractivity contribution in [1.82, 2.24) is 10.3 Å². The number of halogens is 1. The summed E-state index contributed by atoms with van der Waals surface area (Å²) in [6, 6.07) is 5.34. The Bertz CT molecular complexity index is 670. The van der Waals surface area contributed by atoms with E-state index >= 15 is 0 Å². The molecule has 4 N–H and O–H groups in total. The molecule has 1 heterocycles. The second-order valence-electron chi connectivity index (χ2n) is 5.48. The highest BCUT2D eigenvalue weighted by Gasteiger charge is 2.31. The molecular weight excluding hydrogens is 275 g/mol. The molecule has 1 fully saturated rings. The third-order valence-electron chi connectivity index (χ3n) is 3.97. The molecule has 0 spiro atoms. The number of hydrogen-bond donors (Lipinski definition) is 4. The highest BCUT2D eigenvalue weighted by atomic mass is 19.1. The van der Waals surface area contributed by atoms with Gasteiger partial charge in [0.05, 0.1) is 18.2 Å². The van der Waals surface area contributed by atoms with Crippen LogP contribution in [0.2, 0.25) is 0 Å². The zero-order chi connectivity index (χ0) is 15.0. The second-order valence-corrected chi connectivity index (χ2v) is 5.48. The lowest BCUT2D eigenvalue weighted by atomic mass is 9.90. The van der Waals surface area contributed by atoms with Crippen LogP contribution in [0.25, 0.3) is 10.9 Å². The maximum atomic E-state index is 13.1. The van der Waals surface area contributed by atoms with E-state index in [1.807, 2.05) is 0 Å². The molecule has 1 saturated carbocycles. The average Bonchev–Trinajstić information content (AvgIpc) is 2.87. The molecule has 0 aliphatic heterocycles. The summed E-state index contributed by atoms with van der Waals surface area (Å²) in [6.45, 7) is 0. The highest BCUT2D eigenvalue weighted by molar-refractivity contribution is 5.98. The average molecular weight is 292 g/mol. The maximum absolute atomic E-state index is 13.1. The van der Waals surface area contributed by atoms with Crippen molar-refractivity contribution in [2.75, 3.05) is 0 Å². The van der Waals surface area contributed by atoms with Gasteiger partial charge in [0.25, 0.3) is 5.91 Å². The Morgan fingerprint density at radius 1 is 1.29 bits per heavy atom. The third kappa shape index (κ3) is 2.77. The number of aliphatic hydroxyl groups excluding tert-OH is 2. The SMILES string of the molecule is O=C(N[C@@H]1CCC[C@@H](O)[C@@H]1O)c1cc2cc(F)ccc2[nH]1. The summed E-state index contributed by atoms with van der Waals surface area (Å²) < 4.78 is 13.1. The summed E-state index contributed by atoms with van der Waals surface area (Å²) in [5.41, 5.74) is 0.980. The van der Waals surface area contributed by atoms with E-state index in [0.717, 1.165) is 6.42 Å². The van der Waals surface area contributed by atoms with Gasteiger partial charge in [0, 0.05) is 10.9 Å². The molecule has 1 aliphatic rings. The number of fused-ring (bicyclic) bond motifs is 1. The largest absolute Gasteiger partial charge is 0.390 e. The Labute approximate surface area is 120 Å². The lowest BCUT2D eigenvalue weighted by Crippen LogP contribution is -2.51. The summed E-state index contributed by atoms with van der Waals surface area (Å²) in [6.07, 6.45) is 0.157. The Morgan fingerprint density at radius 3 is 2.90 bits per heavy atom. The van der Waals surface area contributed by atoms with Crippen LogP contribution in [0.3, 0.4) is 0 Å². The highest BCUT2D eigenvalue weighted by Crippen LogP contribution is 2.21. The van der Waals surface area contributed by atoms with Crippen LogP contribution in [0.4, 0.5) is 4.39 Å². The van der Waals surface area contributed by atoms with Gasteiger partial charge in [0.1, 0.15) is 11.5 Å². The van der Waals surface area contributed by atoms with Crippen molar-refractivity contribution < 1.29 is 19.4 Å². The van der Waals surface area contributed by atoms with Crippen molar-refractivity contribution in [3.8, 4) is 0 Å². The van der Waals surface area contributed by atoms with Crippen molar-refractivity contribution in [3.05, 3.63) is 35.8 Å². The normalized spacial score (nSPS) is 26.0. The minimum atomic E-state index is -0.954. The third-order valence-corrected chi connectivity index (χ3v) is 3.97. The molecule has 0 radical (unpaired) electrons. The van der Waals surface area contributed by atoms with Crippen molar-refractivity contribution in [1.29, 1.82) is 0 Å². The number of aliphatic hydroxyl groups is 2. The first-order valence-electron chi connectivity index (χ1n) is 7.00. The zero-order valence-corrected chi connectivity index (χ0v) is 11.3. The molecule has 112 valence electrons. The maximum Gasteiger partial charge on any atom is 0.268 e. The van der Waals surface area contributed by atoms with Gasteiger partial charge < -0.3 is 20.5 Å². The fourth-order valence-corrected chi connectivity index (χ4v) is 2.79. The van der Waals surface area contributed by atoms with E-state index in [1.165, 1.54) is 12.1 Å². The van der Waals surface area contributed by atoms with E-state index < -0.39 is 18.2 Å². The van der Waals surface area contributed by atoms with E-state index in [4.69, 9.17) is 0 Å². The summed E-state index contributed by atoms with van der Waals surface area (Å²) in [7, 11) is 0. The number of carbonyl (C=O) groups is 1. The topological polar surface area (TPSA) is 85.3 Å². The monoisotopic (exact) mass is 292 g/mol. The molecule has 0 unspecified atom stereocenters. The molecule has 0 bridgehead atoms. The van der Waals surface area contributed by atoms with Crippen LogP contribution in [0, 0.1) is 5.82 Å². The lowest BCUT2D eigenvalue weighted by molar-refractivity contribution is -0.0278. The predicted octanol–water partition coefficient (Wildman–Crippen LogP) is 1.31. The minimum absolute atomic E-state index is 0.308. The molecule has 6 heteroatoms. The number of nitrogens with one attached hydrogen (secondary N) is 2. The minimum Gasteiger partial charge on any atom is -0.390 e. The van der Waals surface area contributed by atoms with Crippen molar-refractivity contribution in [2.24, 2.45) is 0 Å². The first kappa shape index (κ1) is 14.0. The van der Waals surface area contributed by atoms with E-state index in [1.54, 1.807) is 12.1 Å². The van der Waals surface area contributed by atoms with Crippen LogP contribution >= 0.6 is 0 Å². The molecule has 3 rings (SSSR count). The van der Waals surface area contributed by atoms with Gasteiger partial charge in [-0.1, -0.05) is 0 Å². The van der Waals surface area contributed by atoms with Gasteiger partial charge in [-0.05, 0) is 43.5 Å². The van der Waals surface area contributed by atoms with E-state index in [0.29, 0.717) is 29.4 Å². The van der Waals surface area contributed by atoms with Gasteiger partial charge in [-0.2, -0.15) is 0 Å². The molecule has 5 nitrogen and oxygen atoms in total. The van der Waals surface area contributed by atoms with Crippen molar-refractivity contribution in [2.45, 2.75) is 37.5 Å². The van der Waals surface area contributed by atoms with Crippen LogP contribution in [-0.4, -0.2) is 39.4 Å². The molecule has 1 amide bonds. The molecule has 1 aliphatic carbocycles. The molecule has 2 aromatic rings. The number of H-pyrrole nitrogens is 1. The lowest BCUT2D eigenvalue weighted by Gasteiger charge is -2.32. The van der Waals surface area contributed by atoms with Crippen molar-refractivity contribution in [3.63, 3.8) is 0 Å². The van der Waals surface area contributed by atoms with Crippen LogP contribution in [-0.2, 0) is 0 Å². The molecule has 21 heavy (non-hydrogen) atoms. The van der Waals surface area contributed by atoms with Crippen LogP contribution in [0.1, 0.15) is 29.8 Å². The van der Waals surface area contributed by atoms with Gasteiger partial charge in [0.15, 0.2) is 0 Å². The Hall–Kier alpha value is -1.92. The number of benzene rings is 1. The van der Waals surface area contributed by atoms with Crippen LogP contribution < -0.4 is 5.32 Å². The Morgan fingerprint density at radius 2 is 2.10 bits per heavy atom. The predicted molar refractivity (Wildman–Crippen MR) is 75.4 cm³/mol. The number of hydrogen-bond acceptors (Lipinski definition) is 3. The first-order valence-corrected chi connectivity index (χ1v) is 7.00. The number of aromatic amines is 1. The number of rotatable bonds is 2.